The average Bonchev–Trinajstić information content (AvgIpc) is 2.78. The quantitative estimate of drug-likeness (QED) is 0.838. The van der Waals surface area contributed by atoms with E-state index in [2.05, 4.69) is 4.90 Å². The number of carbonyl (C=O) groups excluding carboxylic acids is 1. The summed E-state index contributed by atoms with van der Waals surface area (Å²) >= 11 is 6.16. The van der Waals surface area contributed by atoms with Crippen molar-refractivity contribution in [2.75, 3.05) is 24.6 Å². The molecule has 1 aromatic carbocycles. The van der Waals surface area contributed by atoms with Gasteiger partial charge in [-0.3, -0.25) is 4.79 Å². The number of hydrogen-bond donors (Lipinski definition) is 1. The van der Waals surface area contributed by atoms with E-state index in [1.165, 1.54) is 0 Å². The summed E-state index contributed by atoms with van der Waals surface area (Å²) < 4.78 is 0. The summed E-state index contributed by atoms with van der Waals surface area (Å²) in [7, 11) is 0. The van der Waals surface area contributed by atoms with E-state index in [0.29, 0.717) is 16.5 Å². The zero-order valence-corrected chi connectivity index (χ0v) is 10.4. The molecule has 1 saturated heterocycles. The Balaban J connectivity index is 2.10. The van der Waals surface area contributed by atoms with Crippen LogP contribution in [0.5, 0.6) is 0 Å². The van der Waals surface area contributed by atoms with E-state index in [0.717, 1.165) is 37.9 Å². The van der Waals surface area contributed by atoms with Crippen LogP contribution in [0, 0.1) is 5.92 Å². The first-order valence-corrected chi connectivity index (χ1v) is 6.23. The second-order valence-corrected chi connectivity index (χ2v) is 4.85. The molecule has 17 heavy (non-hydrogen) atoms. The molecule has 0 aliphatic carbocycles. The molecule has 1 heterocycles. The van der Waals surface area contributed by atoms with Gasteiger partial charge in [0.1, 0.15) is 6.29 Å². The van der Waals surface area contributed by atoms with Gasteiger partial charge in [-0.25, -0.2) is 0 Å². The van der Waals surface area contributed by atoms with Crippen molar-refractivity contribution in [1.82, 2.24) is 0 Å². The van der Waals surface area contributed by atoms with Gasteiger partial charge in [0, 0.05) is 25.3 Å². The molecule has 1 fully saturated rings. The Labute approximate surface area is 106 Å². The van der Waals surface area contributed by atoms with Crippen LogP contribution in [0.25, 0.3) is 0 Å². The zero-order valence-electron chi connectivity index (χ0n) is 9.60. The smallest absolute Gasteiger partial charge is 0.150 e. The second-order valence-electron chi connectivity index (χ2n) is 4.44. The number of nitrogens with zero attached hydrogens (tertiary/aromatic N) is 1. The summed E-state index contributed by atoms with van der Waals surface area (Å²) in [6, 6.07) is 5.38. The predicted octanol–water partition coefficient (Wildman–Crippen LogP) is 2.36. The maximum atomic E-state index is 10.6. The van der Waals surface area contributed by atoms with Gasteiger partial charge in [0.2, 0.25) is 0 Å². The van der Waals surface area contributed by atoms with E-state index in [4.69, 9.17) is 16.7 Å². The van der Waals surface area contributed by atoms with Gasteiger partial charge < -0.3 is 10.0 Å². The summed E-state index contributed by atoms with van der Waals surface area (Å²) in [6.07, 6.45) is 2.74. The van der Waals surface area contributed by atoms with Gasteiger partial charge >= 0.3 is 0 Å². The molecule has 0 spiro atoms. The molecule has 0 saturated carbocycles. The van der Waals surface area contributed by atoms with E-state index in [1.807, 2.05) is 6.07 Å². The van der Waals surface area contributed by atoms with Gasteiger partial charge in [-0.15, -0.1) is 0 Å². The Bertz CT molecular complexity index is 408. The fourth-order valence-electron chi connectivity index (χ4n) is 2.32. The van der Waals surface area contributed by atoms with E-state index >= 15 is 0 Å². The van der Waals surface area contributed by atoms with Crippen molar-refractivity contribution in [3.05, 3.63) is 28.8 Å². The molecular formula is C13H16ClNO2. The minimum Gasteiger partial charge on any atom is -0.396 e. The Kier molecular flexibility index (Phi) is 4.02. The standard InChI is InChI=1S/C13H16ClNO2/c14-12-7-11(9-17)1-2-13(12)15-5-3-10(8-15)4-6-16/h1-2,7,9-10,16H,3-6,8H2. The molecule has 1 atom stereocenters. The summed E-state index contributed by atoms with van der Waals surface area (Å²) in [5.74, 6) is 0.543. The number of halogens is 1. The predicted molar refractivity (Wildman–Crippen MR) is 68.9 cm³/mol. The highest BCUT2D eigenvalue weighted by Crippen LogP contribution is 2.31. The van der Waals surface area contributed by atoms with E-state index in [9.17, 15) is 4.79 Å². The van der Waals surface area contributed by atoms with Gasteiger partial charge in [0.15, 0.2) is 0 Å². The largest absolute Gasteiger partial charge is 0.396 e. The summed E-state index contributed by atoms with van der Waals surface area (Å²) in [5, 5.41) is 9.55. The molecule has 0 amide bonds. The molecule has 92 valence electrons. The first kappa shape index (κ1) is 12.4. The third-order valence-corrected chi connectivity index (χ3v) is 3.57. The topological polar surface area (TPSA) is 40.5 Å². The number of rotatable bonds is 4. The number of aliphatic hydroxyl groups excluding tert-OH is 1. The van der Waals surface area contributed by atoms with Gasteiger partial charge in [-0.2, -0.15) is 0 Å². The summed E-state index contributed by atoms with van der Waals surface area (Å²) in [6.45, 7) is 2.14. The van der Waals surface area contributed by atoms with E-state index in [1.54, 1.807) is 12.1 Å². The molecular weight excluding hydrogens is 238 g/mol. The highest BCUT2D eigenvalue weighted by molar-refractivity contribution is 6.33. The molecule has 1 aromatic rings. The highest BCUT2D eigenvalue weighted by Gasteiger charge is 2.23. The third kappa shape index (κ3) is 2.79. The van der Waals surface area contributed by atoms with Crippen molar-refractivity contribution < 1.29 is 9.90 Å². The minimum atomic E-state index is 0.246. The van der Waals surface area contributed by atoms with Crippen LogP contribution < -0.4 is 4.90 Å². The fraction of sp³-hybridized carbons (Fsp3) is 0.462. The minimum absolute atomic E-state index is 0.246. The second kappa shape index (κ2) is 5.52. The lowest BCUT2D eigenvalue weighted by atomic mass is 10.1. The van der Waals surface area contributed by atoms with Gasteiger partial charge in [-0.05, 0) is 37.0 Å². The van der Waals surface area contributed by atoms with Crippen LogP contribution in [0.2, 0.25) is 5.02 Å². The lowest BCUT2D eigenvalue weighted by Gasteiger charge is -2.20. The monoisotopic (exact) mass is 253 g/mol. The van der Waals surface area contributed by atoms with Crippen LogP contribution >= 0.6 is 11.6 Å². The number of aldehydes is 1. The number of anilines is 1. The van der Waals surface area contributed by atoms with Crippen LogP contribution in [0.1, 0.15) is 23.2 Å². The van der Waals surface area contributed by atoms with Crippen LogP contribution in [0.4, 0.5) is 5.69 Å². The lowest BCUT2D eigenvalue weighted by molar-refractivity contribution is 0.112. The van der Waals surface area contributed by atoms with Crippen molar-refractivity contribution in [1.29, 1.82) is 0 Å². The molecule has 1 aliphatic rings. The first-order valence-electron chi connectivity index (χ1n) is 5.85. The fourth-order valence-corrected chi connectivity index (χ4v) is 2.63. The van der Waals surface area contributed by atoms with Crippen molar-refractivity contribution >= 4 is 23.6 Å². The van der Waals surface area contributed by atoms with Crippen molar-refractivity contribution in [2.24, 2.45) is 5.92 Å². The maximum Gasteiger partial charge on any atom is 0.150 e. The van der Waals surface area contributed by atoms with Gasteiger partial charge in [0.05, 0.1) is 10.7 Å². The molecule has 0 aromatic heterocycles. The molecule has 4 heteroatoms. The molecule has 1 unspecified atom stereocenters. The number of carbonyl (C=O) groups is 1. The Morgan fingerprint density at radius 3 is 3.00 bits per heavy atom. The van der Waals surface area contributed by atoms with Crippen molar-refractivity contribution in [2.45, 2.75) is 12.8 Å². The molecule has 0 radical (unpaired) electrons. The first-order chi connectivity index (χ1) is 8.24. The Morgan fingerprint density at radius 1 is 1.53 bits per heavy atom. The average molecular weight is 254 g/mol. The molecule has 0 bridgehead atoms. The summed E-state index contributed by atoms with van der Waals surface area (Å²) in [5.41, 5.74) is 1.59. The van der Waals surface area contributed by atoms with Crippen LogP contribution in [-0.4, -0.2) is 31.1 Å². The molecule has 1 N–H and O–H groups in total. The molecule has 2 rings (SSSR count). The van der Waals surface area contributed by atoms with Gasteiger partial charge in [-0.1, -0.05) is 11.6 Å². The van der Waals surface area contributed by atoms with E-state index in [-0.39, 0.29) is 6.61 Å². The third-order valence-electron chi connectivity index (χ3n) is 3.27. The van der Waals surface area contributed by atoms with Crippen molar-refractivity contribution in [3.63, 3.8) is 0 Å². The zero-order chi connectivity index (χ0) is 12.3. The molecule has 3 nitrogen and oxygen atoms in total. The highest BCUT2D eigenvalue weighted by atomic mass is 35.5. The van der Waals surface area contributed by atoms with Crippen LogP contribution in [0.3, 0.4) is 0 Å². The summed E-state index contributed by atoms with van der Waals surface area (Å²) in [4.78, 5) is 12.8. The lowest BCUT2D eigenvalue weighted by Crippen LogP contribution is -2.20. The molecule has 1 aliphatic heterocycles. The van der Waals surface area contributed by atoms with Crippen LogP contribution in [0.15, 0.2) is 18.2 Å². The maximum absolute atomic E-state index is 10.6. The SMILES string of the molecule is O=Cc1ccc(N2CCC(CCO)C2)c(Cl)c1. The van der Waals surface area contributed by atoms with Crippen molar-refractivity contribution in [3.8, 4) is 0 Å². The number of benzene rings is 1. The Hall–Kier alpha value is -1.06. The normalized spacial score (nSPS) is 19.6. The number of aliphatic hydroxyl groups is 1. The number of hydrogen-bond acceptors (Lipinski definition) is 3. The van der Waals surface area contributed by atoms with E-state index < -0.39 is 0 Å². The van der Waals surface area contributed by atoms with Crippen LogP contribution in [-0.2, 0) is 0 Å². The van der Waals surface area contributed by atoms with Gasteiger partial charge in [0.25, 0.3) is 0 Å². The Morgan fingerprint density at radius 2 is 2.35 bits per heavy atom.